The maximum atomic E-state index is 11.5. The lowest BCUT2D eigenvalue weighted by molar-refractivity contribution is -0.384. The van der Waals surface area contributed by atoms with E-state index in [2.05, 4.69) is 0 Å². The predicted molar refractivity (Wildman–Crippen MR) is 74.8 cm³/mol. The summed E-state index contributed by atoms with van der Waals surface area (Å²) in [4.78, 5) is 21.5. The number of carbonyl (C=O) groups is 1. The number of nitro groups is 1. The largest absolute Gasteiger partial charge is 0.481 e. The first-order valence-electron chi connectivity index (χ1n) is 6.41. The highest BCUT2D eigenvalue weighted by molar-refractivity contribution is 7.91. The fourth-order valence-corrected chi connectivity index (χ4v) is 4.66. The highest BCUT2D eigenvalue weighted by atomic mass is 32.2. The standard InChI is InChI=1S/C13H15NO6S/c15-12(16)13(7-8-21(19,20)9-13)6-5-10-1-3-11(4-2-10)14(17)18/h1-4H,5-9H2,(H,15,16). The Kier molecular flexibility index (Phi) is 3.99. The smallest absolute Gasteiger partial charge is 0.310 e. The Balaban J connectivity index is 2.10. The molecule has 0 aromatic heterocycles. The SMILES string of the molecule is O=C(O)C1(CCc2ccc([N+](=O)[O-])cc2)CCS(=O)(=O)C1. The number of aryl methyl sites for hydroxylation is 1. The number of benzene rings is 1. The number of nitrogens with zero attached hydrogens (tertiary/aromatic N) is 1. The van der Waals surface area contributed by atoms with E-state index in [0.717, 1.165) is 5.56 Å². The summed E-state index contributed by atoms with van der Waals surface area (Å²) < 4.78 is 23.1. The van der Waals surface area contributed by atoms with Gasteiger partial charge in [-0.05, 0) is 24.8 Å². The van der Waals surface area contributed by atoms with Crippen LogP contribution in [0.3, 0.4) is 0 Å². The fraction of sp³-hybridized carbons (Fsp3) is 0.462. The first-order chi connectivity index (χ1) is 9.74. The van der Waals surface area contributed by atoms with Gasteiger partial charge in [0.05, 0.1) is 21.8 Å². The molecular formula is C13H15NO6S. The summed E-state index contributed by atoms with van der Waals surface area (Å²) in [5, 5.41) is 19.9. The number of hydrogen-bond acceptors (Lipinski definition) is 5. The van der Waals surface area contributed by atoms with Crippen LogP contribution in [-0.4, -0.2) is 35.9 Å². The molecule has 114 valence electrons. The van der Waals surface area contributed by atoms with E-state index in [1.165, 1.54) is 12.1 Å². The predicted octanol–water partition coefficient (Wildman–Crippen LogP) is 1.42. The van der Waals surface area contributed by atoms with Gasteiger partial charge in [-0.1, -0.05) is 12.1 Å². The number of rotatable bonds is 5. The molecule has 0 amide bonds. The van der Waals surface area contributed by atoms with Crippen LogP contribution in [-0.2, 0) is 21.1 Å². The molecule has 8 heteroatoms. The molecule has 1 saturated heterocycles. The summed E-state index contributed by atoms with van der Waals surface area (Å²) in [5.74, 6) is -1.52. The van der Waals surface area contributed by atoms with Gasteiger partial charge in [-0.3, -0.25) is 14.9 Å². The van der Waals surface area contributed by atoms with Crippen LogP contribution >= 0.6 is 0 Å². The maximum Gasteiger partial charge on any atom is 0.310 e. The Morgan fingerprint density at radius 1 is 1.33 bits per heavy atom. The van der Waals surface area contributed by atoms with Crippen molar-refractivity contribution in [2.75, 3.05) is 11.5 Å². The minimum Gasteiger partial charge on any atom is -0.481 e. The molecule has 1 aromatic carbocycles. The lowest BCUT2D eigenvalue weighted by Gasteiger charge is -2.22. The Morgan fingerprint density at radius 2 is 1.95 bits per heavy atom. The van der Waals surface area contributed by atoms with Crippen molar-refractivity contribution in [3.8, 4) is 0 Å². The van der Waals surface area contributed by atoms with Crippen LogP contribution in [0.25, 0.3) is 0 Å². The molecule has 1 aliphatic heterocycles. The molecule has 2 rings (SSSR count). The summed E-state index contributed by atoms with van der Waals surface area (Å²) in [6, 6.07) is 5.84. The average molecular weight is 313 g/mol. The van der Waals surface area contributed by atoms with E-state index in [4.69, 9.17) is 0 Å². The molecule has 0 saturated carbocycles. The van der Waals surface area contributed by atoms with Gasteiger partial charge >= 0.3 is 5.97 Å². The van der Waals surface area contributed by atoms with Crippen molar-refractivity contribution in [3.63, 3.8) is 0 Å². The van der Waals surface area contributed by atoms with Crippen LogP contribution in [0.5, 0.6) is 0 Å². The Bertz CT molecular complexity index is 666. The summed E-state index contributed by atoms with van der Waals surface area (Å²) in [6.45, 7) is 0. The van der Waals surface area contributed by atoms with Gasteiger partial charge in [0.15, 0.2) is 9.84 Å². The van der Waals surface area contributed by atoms with E-state index >= 15 is 0 Å². The fourth-order valence-electron chi connectivity index (χ4n) is 2.56. The molecule has 1 heterocycles. The van der Waals surface area contributed by atoms with Crippen molar-refractivity contribution < 1.29 is 23.2 Å². The van der Waals surface area contributed by atoms with Gasteiger partial charge in [0.25, 0.3) is 5.69 Å². The molecule has 1 atom stereocenters. The number of aliphatic carboxylic acids is 1. The number of carboxylic acid groups (broad SMARTS) is 1. The van der Waals surface area contributed by atoms with Crippen molar-refractivity contribution in [3.05, 3.63) is 39.9 Å². The highest BCUT2D eigenvalue weighted by Crippen LogP contribution is 2.37. The van der Waals surface area contributed by atoms with Crippen molar-refractivity contribution in [2.24, 2.45) is 5.41 Å². The van der Waals surface area contributed by atoms with Crippen molar-refractivity contribution in [1.29, 1.82) is 0 Å². The van der Waals surface area contributed by atoms with Crippen molar-refractivity contribution >= 4 is 21.5 Å². The molecule has 1 aromatic rings. The zero-order valence-electron chi connectivity index (χ0n) is 11.2. The van der Waals surface area contributed by atoms with Gasteiger partial charge in [-0.15, -0.1) is 0 Å². The molecule has 1 fully saturated rings. The quantitative estimate of drug-likeness (QED) is 0.649. The first-order valence-corrected chi connectivity index (χ1v) is 8.23. The van der Waals surface area contributed by atoms with E-state index in [1.807, 2.05) is 0 Å². The second-order valence-electron chi connectivity index (χ2n) is 5.35. The Morgan fingerprint density at radius 3 is 2.38 bits per heavy atom. The summed E-state index contributed by atoms with van der Waals surface area (Å²) in [5.41, 5.74) is -0.513. The molecular weight excluding hydrogens is 298 g/mol. The van der Waals surface area contributed by atoms with E-state index < -0.39 is 26.1 Å². The van der Waals surface area contributed by atoms with Gasteiger partial charge in [0, 0.05) is 12.1 Å². The van der Waals surface area contributed by atoms with E-state index in [9.17, 15) is 28.4 Å². The molecule has 0 radical (unpaired) electrons. The number of nitro benzene ring substituents is 1. The molecule has 21 heavy (non-hydrogen) atoms. The minimum absolute atomic E-state index is 0.0323. The number of sulfone groups is 1. The number of carboxylic acids is 1. The zero-order chi connectivity index (χ0) is 15.7. The maximum absolute atomic E-state index is 11.5. The van der Waals surface area contributed by atoms with Crippen LogP contribution in [0, 0.1) is 15.5 Å². The van der Waals surface area contributed by atoms with E-state index in [-0.39, 0.29) is 30.0 Å². The van der Waals surface area contributed by atoms with Crippen molar-refractivity contribution in [1.82, 2.24) is 0 Å². The zero-order valence-corrected chi connectivity index (χ0v) is 12.0. The van der Waals surface area contributed by atoms with Crippen LogP contribution < -0.4 is 0 Å². The van der Waals surface area contributed by atoms with Crippen LogP contribution in [0.1, 0.15) is 18.4 Å². The number of non-ortho nitro benzene ring substituents is 1. The van der Waals surface area contributed by atoms with Crippen LogP contribution in [0.2, 0.25) is 0 Å². The third kappa shape index (κ3) is 3.38. The van der Waals surface area contributed by atoms with Gasteiger partial charge in [-0.2, -0.15) is 0 Å². The molecule has 7 nitrogen and oxygen atoms in total. The van der Waals surface area contributed by atoms with Crippen LogP contribution in [0.15, 0.2) is 24.3 Å². The topological polar surface area (TPSA) is 115 Å². The lowest BCUT2D eigenvalue weighted by Crippen LogP contribution is -2.32. The van der Waals surface area contributed by atoms with E-state index in [0.29, 0.717) is 6.42 Å². The van der Waals surface area contributed by atoms with Gasteiger partial charge in [0.1, 0.15) is 0 Å². The third-order valence-electron chi connectivity index (χ3n) is 3.88. The summed E-state index contributed by atoms with van der Waals surface area (Å²) in [7, 11) is -3.29. The average Bonchev–Trinajstić information content (AvgIpc) is 2.74. The second kappa shape index (κ2) is 5.44. The molecule has 1 N–H and O–H groups in total. The normalized spacial score (nSPS) is 23.8. The second-order valence-corrected chi connectivity index (χ2v) is 7.54. The van der Waals surface area contributed by atoms with Gasteiger partial charge < -0.3 is 5.11 Å². The lowest BCUT2D eigenvalue weighted by atomic mass is 9.82. The molecule has 0 bridgehead atoms. The minimum atomic E-state index is -3.29. The highest BCUT2D eigenvalue weighted by Gasteiger charge is 2.47. The van der Waals surface area contributed by atoms with E-state index in [1.54, 1.807) is 12.1 Å². The third-order valence-corrected chi connectivity index (χ3v) is 5.70. The molecule has 1 aliphatic rings. The number of hydrogen-bond donors (Lipinski definition) is 1. The molecule has 1 unspecified atom stereocenters. The Hall–Kier alpha value is -1.96. The first kappa shape index (κ1) is 15.4. The van der Waals surface area contributed by atoms with Gasteiger partial charge in [0.2, 0.25) is 0 Å². The Labute approximate surface area is 121 Å². The molecule has 0 aliphatic carbocycles. The molecule has 0 spiro atoms. The summed E-state index contributed by atoms with van der Waals surface area (Å²) >= 11 is 0. The summed E-state index contributed by atoms with van der Waals surface area (Å²) in [6.07, 6.45) is 0.705. The van der Waals surface area contributed by atoms with Crippen LogP contribution in [0.4, 0.5) is 5.69 Å². The monoisotopic (exact) mass is 313 g/mol. The van der Waals surface area contributed by atoms with Gasteiger partial charge in [-0.25, -0.2) is 8.42 Å². The van der Waals surface area contributed by atoms with Crippen molar-refractivity contribution in [2.45, 2.75) is 19.3 Å².